The number of thiophene rings is 1. The zero-order chi connectivity index (χ0) is 25.5. The van der Waals surface area contributed by atoms with Crippen molar-refractivity contribution in [1.82, 2.24) is 0 Å². The van der Waals surface area contributed by atoms with Crippen molar-refractivity contribution < 1.29 is 14.2 Å². The molecule has 0 radical (unpaired) electrons. The Labute approximate surface area is 232 Å². The first-order valence-electron chi connectivity index (χ1n) is 14.2. The maximum atomic E-state index is 6.87. The molecule has 1 aromatic rings. The highest BCUT2D eigenvalue weighted by molar-refractivity contribution is 8.08. The third-order valence-electron chi connectivity index (χ3n) is 6.56. The molecule has 0 saturated carbocycles. The molecule has 3 heterocycles. The third-order valence-corrected chi connectivity index (χ3v) is 9.74. The maximum absolute atomic E-state index is 6.87. The summed E-state index contributed by atoms with van der Waals surface area (Å²) in [6.07, 6.45) is 19.0. The Morgan fingerprint density at radius 3 is 2.17 bits per heavy atom. The first kappa shape index (κ1) is 29.7. The van der Waals surface area contributed by atoms with Crippen LogP contribution in [0.3, 0.4) is 0 Å². The highest BCUT2D eigenvalue weighted by Gasteiger charge is 2.45. The van der Waals surface area contributed by atoms with Crippen LogP contribution in [0.4, 0.5) is 0 Å². The second-order valence-electron chi connectivity index (χ2n) is 9.54. The van der Waals surface area contributed by atoms with Gasteiger partial charge in [0.05, 0.1) is 23.0 Å². The Hall–Kier alpha value is -0.820. The van der Waals surface area contributed by atoms with Crippen LogP contribution in [-0.4, -0.2) is 25.6 Å². The van der Waals surface area contributed by atoms with E-state index in [1.165, 1.54) is 72.5 Å². The molecule has 0 spiro atoms. The van der Waals surface area contributed by atoms with Gasteiger partial charge in [-0.05, 0) is 48.3 Å². The molecule has 0 bridgehead atoms. The van der Waals surface area contributed by atoms with Crippen LogP contribution in [0.5, 0.6) is 5.75 Å². The van der Waals surface area contributed by atoms with Crippen LogP contribution >= 0.6 is 34.9 Å². The topological polar surface area (TPSA) is 27.7 Å². The first-order chi connectivity index (χ1) is 17.8. The van der Waals surface area contributed by atoms with Crippen LogP contribution < -0.4 is 4.74 Å². The van der Waals surface area contributed by atoms with E-state index in [0.29, 0.717) is 0 Å². The summed E-state index contributed by atoms with van der Waals surface area (Å²) in [5, 5.41) is 4.36. The van der Waals surface area contributed by atoms with Gasteiger partial charge in [-0.2, -0.15) is 0 Å². The van der Waals surface area contributed by atoms with Crippen molar-refractivity contribution in [1.29, 1.82) is 0 Å². The molecule has 0 N–H and O–H groups in total. The van der Waals surface area contributed by atoms with E-state index in [0.717, 1.165) is 56.3 Å². The summed E-state index contributed by atoms with van der Waals surface area (Å²) in [4.78, 5) is 3.67. The molecular weight excluding hydrogens is 505 g/mol. The molecule has 0 amide bonds. The fourth-order valence-electron chi connectivity index (χ4n) is 4.47. The average Bonchev–Trinajstić information content (AvgIpc) is 3.63. The van der Waals surface area contributed by atoms with Gasteiger partial charge in [-0.1, -0.05) is 90.3 Å². The minimum absolute atomic E-state index is 0.582. The summed E-state index contributed by atoms with van der Waals surface area (Å²) in [5.41, 5.74) is -0.582. The molecule has 1 unspecified atom stereocenters. The van der Waals surface area contributed by atoms with E-state index in [1.807, 2.05) is 11.8 Å². The predicted octanol–water partition coefficient (Wildman–Crippen LogP) is 10.2. The van der Waals surface area contributed by atoms with Crippen molar-refractivity contribution in [2.45, 2.75) is 103 Å². The summed E-state index contributed by atoms with van der Waals surface area (Å²) in [5.74, 6) is 2.98. The number of rotatable bonds is 19. The summed E-state index contributed by atoms with van der Waals surface area (Å²) >= 11 is 5.43. The molecule has 2 aliphatic rings. The van der Waals surface area contributed by atoms with Gasteiger partial charge in [0.15, 0.2) is 5.60 Å². The molecule has 2 aliphatic heterocycles. The molecule has 3 nitrogen and oxygen atoms in total. The molecule has 0 aliphatic carbocycles. The largest absolute Gasteiger partial charge is 0.493 e. The smallest absolute Gasteiger partial charge is 0.157 e. The van der Waals surface area contributed by atoms with Crippen molar-refractivity contribution in [3.8, 4) is 5.75 Å². The second kappa shape index (κ2) is 16.9. The lowest BCUT2D eigenvalue weighted by Crippen LogP contribution is -2.28. The van der Waals surface area contributed by atoms with Gasteiger partial charge < -0.3 is 14.2 Å². The van der Waals surface area contributed by atoms with Gasteiger partial charge in [-0.3, -0.25) is 0 Å². The molecule has 6 heteroatoms. The molecule has 1 aromatic heterocycles. The molecule has 0 fully saturated rings. The minimum Gasteiger partial charge on any atom is -0.493 e. The van der Waals surface area contributed by atoms with Crippen LogP contribution in [0.25, 0.3) is 0 Å². The van der Waals surface area contributed by atoms with E-state index in [1.54, 1.807) is 23.1 Å². The Bertz CT molecular complexity index is 857. The molecule has 0 saturated heterocycles. The van der Waals surface area contributed by atoms with Gasteiger partial charge in [-0.25, -0.2) is 0 Å². The lowest BCUT2D eigenvalue weighted by molar-refractivity contribution is 0.0211. The van der Waals surface area contributed by atoms with Crippen LogP contribution in [0.15, 0.2) is 44.6 Å². The molecule has 202 valence electrons. The molecule has 3 rings (SSSR count). The quantitative estimate of drug-likeness (QED) is 0.160. The van der Waals surface area contributed by atoms with Crippen molar-refractivity contribution in [3.05, 3.63) is 49.5 Å². The van der Waals surface area contributed by atoms with E-state index in [9.17, 15) is 0 Å². The zero-order valence-electron chi connectivity index (χ0n) is 22.6. The third kappa shape index (κ3) is 8.34. The first-order valence-corrected chi connectivity index (χ1v) is 16.9. The normalized spacial score (nSPS) is 21.4. The molecular formula is C30H46O3S3. The fraction of sp³-hybridized carbons (Fsp3) is 0.667. The number of hydrogen-bond acceptors (Lipinski definition) is 6. The van der Waals surface area contributed by atoms with Crippen LogP contribution in [0, 0.1) is 0 Å². The number of ether oxygens (including phenoxy) is 3. The monoisotopic (exact) mass is 550 g/mol. The van der Waals surface area contributed by atoms with Crippen molar-refractivity contribution in [2.75, 3.05) is 25.6 Å². The average molecular weight is 551 g/mol. The molecule has 36 heavy (non-hydrogen) atoms. The highest BCUT2D eigenvalue weighted by Crippen LogP contribution is 2.56. The van der Waals surface area contributed by atoms with Gasteiger partial charge in [0.2, 0.25) is 0 Å². The Morgan fingerprint density at radius 1 is 0.806 bits per heavy atom. The maximum Gasteiger partial charge on any atom is 0.157 e. The Balaban J connectivity index is 1.81. The summed E-state index contributed by atoms with van der Waals surface area (Å²) < 4.78 is 19.6. The van der Waals surface area contributed by atoms with Crippen molar-refractivity contribution >= 4 is 34.9 Å². The van der Waals surface area contributed by atoms with Gasteiger partial charge in [0, 0.05) is 17.3 Å². The van der Waals surface area contributed by atoms with E-state index in [-0.39, 0.29) is 0 Å². The van der Waals surface area contributed by atoms with Crippen LogP contribution in [-0.2, 0) is 15.1 Å². The van der Waals surface area contributed by atoms with Gasteiger partial charge in [0.1, 0.15) is 11.5 Å². The lowest BCUT2D eigenvalue weighted by atomic mass is 9.99. The van der Waals surface area contributed by atoms with E-state index in [2.05, 4.69) is 49.8 Å². The Morgan fingerprint density at radius 2 is 1.47 bits per heavy atom. The van der Waals surface area contributed by atoms with Gasteiger partial charge in [-0.15, -0.1) is 23.1 Å². The summed E-state index contributed by atoms with van der Waals surface area (Å²) in [6, 6.07) is 2.13. The fourth-order valence-corrected chi connectivity index (χ4v) is 7.81. The van der Waals surface area contributed by atoms with Gasteiger partial charge in [0.25, 0.3) is 0 Å². The van der Waals surface area contributed by atoms with Crippen LogP contribution in [0.1, 0.15) is 103 Å². The molecule has 1 atom stereocenters. The predicted molar refractivity (Wildman–Crippen MR) is 160 cm³/mol. The van der Waals surface area contributed by atoms with Crippen LogP contribution in [0.2, 0.25) is 0 Å². The van der Waals surface area contributed by atoms with E-state index >= 15 is 0 Å². The summed E-state index contributed by atoms with van der Waals surface area (Å²) in [6.45, 7) is 9.05. The zero-order valence-corrected chi connectivity index (χ0v) is 25.1. The molecule has 0 aromatic carbocycles. The van der Waals surface area contributed by atoms with E-state index in [4.69, 9.17) is 14.2 Å². The highest BCUT2D eigenvalue weighted by atomic mass is 32.2. The number of unbranched alkanes of at least 4 members (excludes halogenated alkanes) is 9. The number of thioether (sulfide) groups is 2. The van der Waals surface area contributed by atoms with Crippen molar-refractivity contribution in [3.63, 3.8) is 0 Å². The second-order valence-corrected chi connectivity index (χ2v) is 12.4. The Kier molecular flexibility index (Phi) is 14.0. The number of hydrogen-bond donors (Lipinski definition) is 0. The minimum atomic E-state index is -0.582. The lowest BCUT2D eigenvalue weighted by Gasteiger charge is -2.31. The van der Waals surface area contributed by atoms with Crippen molar-refractivity contribution in [2.24, 2.45) is 0 Å². The van der Waals surface area contributed by atoms with E-state index < -0.39 is 5.60 Å². The van der Waals surface area contributed by atoms with Gasteiger partial charge >= 0.3 is 0 Å². The SMILES string of the molecule is CCCCCCOC1=CCSC1=C1SC=CC1(OCCCCCC)c1sccc1OCCCCCC. The summed E-state index contributed by atoms with van der Waals surface area (Å²) in [7, 11) is 0. The standard InChI is InChI=1S/C30H46O3S3/c1-4-7-10-13-19-31-25-16-22-34-27(25)29-30(18-24-36-29,33-21-15-12-9-6-3)28-26(17-23-35-28)32-20-14-11-8-5-2/h16-18,23-24H,4-15,19-22H2,1-3H3.